The van der Waals surface area contributed by atoms with Crippen molar-refractivity contribution in [2.24, 2.45) is 0 Å². The quantitative estimate of drug-likeness (QED) is 0.552. The van der Waals surface area contributed by atoms with E-state index >= 15 is 0 Å². The van der Waals surface area contributed by atoms with Gasteiger partial charge >= 0.3 is 0 Å². The zero-order valence-corrected chi connectivity index (χ0v) is 17.4. The Morgan fingerprint density at radius 1 is 1.04 bits per heavy atom. The van der Waals surface area contributed by atoms with E-state index < -0.39 is 0 Å². The highest BCUT2D eigenvalue weighted by Gasteiger charge is 2.15. The third-order valence-corrected chi connectivity index (χ3v) is 5.68. The fourth-order valence-corrected chi connectivity index (χ4v) is 3.89. The van der Waals surface area contributed by atoms with Gasteiger partial charge in [-0.05, 0) is 43.5 Å². The van der Waals surface area contributed by atoms with Crippen LogP contribution in [-0.4, -0.2) is 12.6 Å². The molecule has 0 bridgehead atoms. The first-order valence-corrected chi connectivity index (χ1v) is 10.5. The minimum absolute atomic E-state index is 0.166. The van der Waals surface area contributed by atoms with Crippen LogP contribution < -0.4 is 14.8 Å². The van der Waals surface area contributed by atoms with E-state index in [4.69, 9.17) is 9.47 Å². The second kappa shape index (κ2) is 10.1. The zero-order valence-electron chi connectivity index (χ0n) is 15.8. The van der Waals surface area contributed by atoms with E-state index in [2.05, 4.69) is 21.2 Å². The molecule has 2 aromatic carbocycles. The number of halogens is 2. The summed E-state index contributed by atoms with van der Waals surface area (Å²) in [6.45, 7) is 3.45. The van der Waals surface area contributed by atoms with Crippen LogP contribution in [0.15, 0.2) is 40.9 Å². The number of hydrogen-bond acceptors (Lipinski definition) is 3. The lowest BCUT2D eigenvalue weighted by molar-refractivity contribution is 0.265. The van der Waals surface area contributed by atoms with Gasteiger partial charge in [-0.3, -0.25) is 0 Å². The molecule has 2 aromatic rings. The van der Waals surface area contributed by atoms with Crippen LogP contribution >= 0.6 is 15.9 Å². The van der Waals surface area contributed by atoms with Crippen molar-refractivity contribution in [3.63, 3.8) is 0 Å². The zero-order chi connectivity index (χ0) is 19.1. The number of hydrogen-bond donors (Lipinski definition) is 1. The lowest BCUT2D eigenvalue weighted by atomic mass is 9.95. The highest BCUT2D eigenvalue weighted by Crippen LogP contribution is 2.35. The van der Waals surface area contributed by atoms with Crippen LogP contribution in [0.3, 0.4) is 0 Å². The van der Waals surface area contributed by atoms with Crippen LogP contribution in [0, 0.1) is 5.82 Å². The smallest absolute Gasteiger partial charge is 0.162 e. The molecule has 1 aliphatic rings. The van der Waals surface area contributed by atoms with Crippen LogP contribution in [0.1, 0.15) is 50.2 Å². The summed E-state index contributed by atoms with van der Waals surface area (Å²) in [5, 5.41) is 3.66. The summed E-state index contributed by atoms with van der Waals surface area (Å²) < 4.78 is 26.5. The topological polar surface area (TPSA) is 30.5 Å². The molecular formula is C22H27BrFNO2. The van der Waals surface area contributed by atoms with E-state index in [1.165, 1.54) is 38.2 Å². The van der Waals surface area contributed by atoms with Gasteiger partial charge in [0.2, 0.25) is 0 Å². The predicted octanol–water partition coefficient (Wildman–Crippen LogP) is 5.99. The van der Waals surface area contributed by atoms with Gasteiger partial charge in [-0.25, -0.2) is 4.39 Å². The fourth-order valence-electron chi connectivity index (χ4n) is 3.43. The lowest BCUT2D eigenvalue weighted by Crippen LogP contribution is -2.30. The summed E-state index contributed by atoms with van der Waals surface area (Å²) in [6, 6.07) is 11.2. The lowest BCUT2D eigenvalue weighted by Gasteiger charge is -2.23. The van der Waals surface area contributed by atoms with Gasteiger partial charge in [0.25, 0.3) is 0 Å². The summed E-state index contributed by atoms with van der Waals surface area (Å²) in [5.41, 5.74) is 1.67. The van der Waals surface area contributed by atoms with Crippen LogP contribution in [0.25, 0.3) is 0 Å². The molecule has 0 saturated heterocycles. The Morgan fingerprint density at radius 3 is 2.52 bits per heavy atom. The number of ether oxygens (including phenoxy) is 2. The maximum absolute atomic E-state index is 13.8. The Morgan fingerprint density at radius 2 is 1.78 bits per heavy atom. The SMILES string of the molecule is CCOc1cc(CNC2CCCCC2)c(Br)cc1OCc1ccccc1F. The molecule has 0 heterocycles. The van der Waals surface area contributed by atoms with Gasteiger partial charge in [0, 0.05) is 22.6 Å². The molecule has 3 nitrogen and oxygen atoms in total. The minimum atomic E-state index is -0.261. The summed E-state index contributed by atoms with van der Waals surface area (Å²) in [6.07, 6.45) is 6.47. The van der Waals surface area contributed by atoms with E-state index in [0.717, 1.165) is 16.6 Å². The van der Waals surface area contributed by atoms with Crippen LogP contribution in [0.2, 0.25) is 0 Å². The molecule has 0 unspecified atom stereocenters. The first-order chi connectivity index (χ1) is 13.2. The van der Waals surface area contributed by atoms with Crippen LogP contribution in [-0.2, 0) is 13.2 Å². The van der Waals surface area contributed by atoms with Gasteiger partial charge in [-0.2, -0.15) is 0 Å². The standard InChI is InChI=1S/C22H27BrFNO2/c1-2-26-21-12-17(14-25-18-9-4-3-5-10-18)19(23)13-22(21)27-15-16-8-6-7-11-20(16)24/h6-8,11-13,18,25H,2-5,9-10,14-15H2,1H3. The second-order valence-electron chi connectivity index (χ2n) is 6.92. The molecule has 1 fully saturated rings. The van der Waals surface area contributed by atoms with Crippen molar-refractivity contribution in [3.05, 3.63) is 57.8 Å². The monoisotopic (exact) mass is 435 g/mol. The molecule has 5 heteroatoms. The summed E-state index contributed by atoms with van der Waals surface area (Å²) in [5.74, 6) is 1.05. The van der Waals surface area contributed by atoms with Gasteiger partial charge in [-0.15, -0.1) is 0 Å². The molecule has 1 saturated carbocycles. The van der Waals surface area contributed by atoms with Gasteiger partial charge in [-0.1, -0.05) is 53.4 Å². The Kier molecular flexibility index (Phi) is 7.53. The van der Waals surface area contributed by atoms with E-state index in [0.29, 0.717) is 29.7 Å². The molecule has 0 spiro atoms. The molecule has 0 amide bonds. The molecule has 0 aromatic heterocycles. The van der Waals surface area contributed by atoms with E-state index in [1.807, 2.05) is 19.1 Å². The van der Waals surface area contributed by atoms with Crippen molar-refractivity contribution in [2.45, 2.75) is 58.2 Å². The normalized spacial score (nSPS) is 14.9. The predicted molar refractivity (Wildman–Crippen MR) is 110 cm³/mol. The van der Waals surface area contributed by atoms with Crippen molar-refractivity contribution in [1.82, 2.24) is 5.32 Å². The summed E-state index contributed by atoms with van der Waals surface area (Å²) >= 11 is 3.65. The van der Waals surface area contributed by atoms with Crippen molar-refractivity contribution >= 4 is 15.9 Å². The van der Waals surface area contributed by atoms with Crippen molar-refractivity contribution in [3.8, 4) is 11.5 Å². The number of nitrogens with one attached hydrogen (secondary N) is 1. The van der Waals surface area contributed by atoms with Gasteiger partial charge < -0.3 is 14.8 Å². The molecule has 3 rings (SSSR count). The molecule has 146 valence electrons. The molecule has 0 atom stereocenters. The Balaban J connectivity index is 1.70. The number of rotatable bonds is 8. The molecular weight excluding hydrogens is 409 g/mol. The Bertz CT molecular complexity index is 747. The first-order valence-electron chi connectivity index (χ1n) is 9.72. The number of benzene rings is 2. The maximum Gasteiger partial charge on any atom is 0.162 e. The third kappa shape index (κ3) is 5.69. The van der Waals surface area contributed by atoms with Crippen molar-refractivity contribution in [1.29, 1.82) is 0 Å². The molecule has 1 aliphatic carbocycles. The minimum Gasteiger partial charge on any atom is -0.490 e. The largest absolute Gasteiger partial charge is 0.490 e. The first kappa shape index (κ1) is 20.2. The van der Waals surface area contributed by atoms with E-state index in [-0.39, 0.29) is 12.4 Å². The van der Waals surface area contributed by atoms with Crippen LogP contribution in [0.4, 0.5) is 4.39 Å². The molecule has 27 heavy (non-hydrogen) atoms. The van der Waals surface area contributed by atoms with Gasteiger partial charge in [0.15, 0.2) is 11.5 Å². The van der Waals surface area contributed by atoms with Crippen LogP contribution in [0.5, 0.6) is 11.5 Å². The van der Waals surface area contributed by atoms with Gasteiger partial charge in [0.05, 0.1) is 6.61 Å². The van der Waals surface area contributed by atoms with Crippen molar-refractivity contribution < 1.29 is 13.9 Å². The highest BCUT2D eigenvalue weighted by atomic mass is 79.9. The highest BCUT2D eigenvalue weighted by molar-refractivity contribution is 9.10. The summed E-state index contributed by atoms with van der Waals surface area (Å²) in [4.78, 5) is 0. The molecule has 0 aliphatic heterocycles. The third-order valence-electron chi connectivity index (χ3n) is 4.94. The Labute approximate surface area is 169 Å². The summed E-state index contributed by atoms with van der Waals surface area (Å²) in [7, 11) is 0. The second-order valence-corrected chi connectivity index (χ2v) is 7.77. The fraction of sp³-hybridized carbons (Fsp3) is 0.455. The average molecular weight is 436 g/mol. The van der Waals surface area contributed by atoms with E-state index in [1.54, 1.807) is 18.2 Å². The molecule has 1 N–H and O–H groups in total. The maximum atomic E-state index is 13.8. The van der Waals surface area contributed by atoms with Crippen molar-refractivity contribution in [2.75, 3.05) is 6.61 Å². The average Bonchev–Trinajstić information content (AvgIpc) is 2.69. The molecule has 0 radical (unpaired) electrons. The van der Waals surface area contributed by atoms with Gasteiger partial charge in [0.1, 0.15) is 12.4 Å². The Hall–Kier alpha value is -1.59. The van der Waals surface area contributed by atoms with E-state index in [9.17, 15) is 4.39 Å².